The predicted molar refractivity (Wildman–Crippen MR) is 49.1 cm³/mol. The van der Waals surface area contributed by atoms with E-state index in [4.69, 9.17) is 11.6 Å². The minimum absolute atomic E-state index is 0.163. The molecule has 3 N–H and O–H groups in total. The van der Waals surface area contributed by atoms with Crippen LogP contribution in [0.1, 0.15) is 0 Å². The first-order chi connectivity index (χ1) is 6.88. The molecule has 0 aromatic heterocycles. The Hall–Kier alpha value is -1.06. The molecule has 1 radical (unpaired) electrons. The van der Waals surface area contributed by atoms with Gasteiger partial charge in [0.25, 0.3) is 10.6 Å². The Morgan fingerprint density at radius 1 is 1.53 bits per heavy atom. The second kappa shape index (κ2) is 4.21. The summed E-state index contributed by atoms with van der Waals surface area (Å²) in [5.74, 6) is 2.73. The molecule has 15 heavy (non-hydrogen) atoms. The molecule has 0 saturated carbocycles. The van der Waals surface area contributed by atoms with Crippen LogP contribution in [-0.2, 0) is 23.5 Å². The zero-order valence-corrected chi connectivity index (χ0v) is 8.79. The van der Waals surface area contributed by atoms with Crippen LogP contribution in [0.3, 0.4) is 0 Å². The highest BCUT2D eigenvalue weighted by Gasteiger charge is 2.41. The average Bonchev–Trinajstić information content (AvgIpc) is 2.17. The van der Waals surface area contributed by atoms with E-state index in [1.54, 1.807) is 0 Å². The highest BCUT2D eigenvalue weighted by molar-refractivity contribution is 7.93. The predicted octanol–water partition coefficient (Wildman–Crippen LogP) is 0.541. The fourth-order valence-corrected chi connectivity index (χ4v) is 1.96. The van der Waals surface area contributed by atoms with Gasteiger partial charge in [-0.05, 0) is 10.3 Å². The van der Waals surface area contributed by atoms with E-state index in [0.717, 1.165) is 18.2 Å². The molecule has 9 heteroatoms. The molecule has 0 aliphatic heterocycles. The van der Waals surface area contributed by atoms with Crippen LogP contribution >= 0.6 is 11.6 Å². The molecule has 0 heterocycles. The lowest BCUT2D eigenvalue weighted by atomic mass is 10.3. The van der Waals surface area contributed by atoms with Crippen LogP contribution in [0, 0.1) is 10.1 Å². The summed E-state index contributed by atoms with van der Waals surface area (Å²) in [6, 6.07) is 3.00. The number of hydrogen-bond donors (Lipinski definition) is 1. The van der Waals surface area contributed by atoms with Gasteiger partial charge in [-0.25, -0.2) is 0 Å². The van der Waals surface area contributed by atoms with Crippen LogP contribution in [0.25, 0.3) is 0 Å². The lowest BCUT2D eigenvalue weighted by molar-refractivity contribution is -0.637. The highest BCUT2D eigenvalue weighted by Crippen LogP contribution is 2.29. The summed E-state index contributed by atoms with van der Waals surface area (Å²) in [4.78, 5) is 9.17. The summed E-state index contributed by atoms with van der Waals surface area (Å²) in [6.45, 7) is 0. The van der Waals surface area contributed by atoms with E-state index in [2.05, 4.69) is 10.2 Å². The molecule has 1 rings (SSSR count). The zero-order chi connectivity index (χ0) is 11.6. The van der Waals surface area contributed by atoms with Crippen molar-refractivity contribution < 1.29 is 23.9 Å². The van der Waals surface area contributed by atoms with Gasteiger partial charge in [0.05, 0.1) is 19.8 Å². The fourth-order valence-electron chi connectivity index (χ4n) is 0.861. The van der Waals surface area contributed by atoms with Crippen molar-refractivity contribution in [2.45, 2.75) is 4.90 Å². The van der Waals surface area contributed by atoms with Gasteiger partial charge in [-0.15, -0.1) is 0 Å². The van der Waals surface area contributed by atoms with Gasteiger partial charge in [0.1, 0.15) is 5.02 Å². The third-order valence-electron chi connectivity index (χ3n) is 1.55. The number of nitro groups is 1. The van der Waals surface area contributed by atoms with Crippen LogP contribution in [0.15, 0.2) is 23.1 Å². The van der Waals surface area contributed by atoms with Crippen molar-refractivity contribution in [1.29, 1.82) is 0 Å². The lowest BCUT2D eigenvalue weighted by Gasteiger charge is -1.96. The van der Waals surface area contributed by atoms with Crippen molar-refractivity contribution in [3.05, 3.63) is 33.3 Å². The minimum atomic E-state index is -4.13. The monoisotopic (exact) mass is 253 g/mol. The second-order valence-corrected chi connectivity index (χ2v) is 4.43. The van der Waals surface area contributed by atoms with Crippen molar-refractivity contribution in [3.63, 3.8) is 0 Å². The van der Waals surface area contributed by atoms with Gasteiger partial charge >= 0.3 is 10.5 Å². The molecule has 0 aliphatic rings. The van der Waals surface area contributed by atoms with Gasteiger partial charge in [0.15, 0.2) is 0 Å². The van der Waals surface area contributed by atoms with Crippen molar-refractivity contribution in [1.82, 2.24) is 0 Å². The zero-order valence-electron chi connectivity index (χ0n) is 7.21. The largest absolute Gasteiger partial charge is 0.484 e. The first-order valence-corrected chi connectivity index (χ1v) is 5.29. The Balaban J connectivity index is 3.35. The van der Waals surface area contributed by atoms with E-state index >= 15 is 0 Å². The SMILES string of the molecule is [NH3+]O[S+]([O])(=O)c1cc([N+](=O)[O-])ccc1Cl. The van der Waals surface area contributed by atoms with Crippen LogP contribution in [0.2, 0.25) is 5.02 Å². The van der Waals surface area contributed by atoms with Gasteiger partial charge < -0.3 is 0 Å². The Kier molecular flexibility index (Phi) is 3.37. The number of quaternary nitrogens is 1. The van der Waals surface area contributed by atoms with Crippen LogP contribution < -0.4 is 5.90 Å². The van der Waals surface area contributed by atoms with Crippen LogP contribution in [-0.4, -0.2) is 4.92 Å². The molecule has 1 atom stereocenters. The maximum absolute atomic E-state index is 11.2. The number of nitrogens with zero attached hydrogens (tertiary/aromatic N) is 1. The Morgan fingerprint density at radius 2 is 2.13 bits per heavy atom. The maximum Gasteiger partial charge on any atom is 0.484 e. The minimum Gasteiger partial charge on any atom is -0.258 e. The molecule has 0 saturated heterocycles. The molecule has 0 fully saturated rings. The normalized spacial score (nSPS) is 14.6. The summed E-state index contributed by atoms with van der Waals surface area (Å²) in [5, 5.41) is 10.2. The summed E-state index contributed by atoms with van der Waals surface area (Å²) in [5.41, 5.74) is -0.393. The first kappa shape index (κ1) is 12.0. The van der Waals surface area contributed by atoms with Crippen molar-refractivity contribution in [2.75, 3.05) is 0 Å². The average molecular weight is 254 g/mol. The Bertz CT molecular complexity index is 451. The van der Waals surface area contributed by atoms with Crippen molar-refractivity contribution >= 4 is 27.8 Å². The van der Waals surface area contributed by atoms with Gasteiger partial charge in [-0.2, -0.15) is 5.90 Å². The lowest BCUT2D eigenvalue weighted by Crippen LogP contribution is -2.52. The third kappa shape index (κ3) is 2.49. The van der Waals surface area contributed by atoms with Crippen LogP contribution in [0.4, 0.5) is 5.69 Å². The third-order valence-corrected chi connectivity index (χ3v) is 3.18. The van der Waals surface area contributed by atoms with E-state index in [-0.39, 0.29) is 5.02 Å². The van der Waals surface area contributed by atoms with Gasteiger partial charge in [-0.1, -0.05) is 11.6 Å². The number of non-ortho nitro benzene ring substituents is 1. The molecule has 81 valence electrons. The number of nitro benzene ring substituents is 1. The van der Waals surface area contributed by atoms with Crippen LogP contribution in [0.5, 0.6) is 0 Å². The highest BCUT2D eigenvalue weighted by atomic mass is 35.5. The number of hydrogen-bond acceptors (Lipinski definition) is 4. The molecule has 7 nitrogen and oxygen atoms in total. The number of halogens is 1. The first-order valence-electron chi connectivity index (χ1n) is 3.51. The molecule has 1 aromatic rings. The van der Waals surface area contributed by atoms with Crippen molar-refractivity contribution in [2.24, 2.45) is 0 Å². The molecular weight excluding hydrogens is 248 g/mol. The van der Waals surface area contributed by atoms with Gasteiger partial charge in [-0.3, -0.25) is 10.1 Å². The standard InChI is InChI=1S/C6H6ClN2O5S/c7-5-2-1-4(9(10)11)3-6(5)15(12,13)14-8/h1-3H,8H3/q+2. The smallest absolute Gasteiger partial charge is 0.258 e. The second-order valence-electron chi connectivity index (χ2n) is 2.44. The molecule has 0 amide bonds. The molecule has 1 unspecified atom stereocenters. The molecule has 1 aromatic carbocycles. The topological polar surface area (TPSA) is 117 Å². The van der Waals surface area contributed by atoms with Gasteiger partial charge in [0.2, 0.25) is 0 Å². The van der Waals surface area contributed by atoms with Gasteiger partial charge in [0, 0.05) is 6.07 Å². The molecule has 0 spiro atoms. The molecular formula is C6H6ClN2O5S+2. The molecule has 0 bridgehead atoms. The van der Waals surface area contributed by atoms with E-state index in [1.165, 1.54) is 0 Å². The number of benzene rings is 1. The van der Waals surface area contributed by atoms with Crippen molar-refractivity contribution in [3.8, 4) is 0 Å². The summed E-state index contributed by atoms with van der Waals surface area (Å²) in [6.07, 6.45) is 0. The fraction of sp³-hybridized carbons (Fsp3) is 0. The maximum atomic E-state index is 11.2. The van der Waals surface area contributed by atoms with E-state index in [9.17, 15) is 18.9 Å². The van der Waals surface area contributed by atoms with E-state index < -0.39 is 26.0 Å². The summed E-state index contributed by atoms with van der Waals surface area (Å²) >= 11 is 5.55. The van der Waals surface area contributed by atoms with E-state index in [0.29, 0.717) is 0 Å². The Morgan fingerprint density at radius 3 is 2.60 bits per heavy atom. The molecule has 0 aliphatic carbocycles. The number of rotatable bonds is 3. The van der Waals surface area contributed by atoms with E-state index in [1.807, 2.05) is 0 Å². The summed E-state index contributed by atoms with van der Waals surface area (Å²) < 4.78 is 26.4. The quantitative estimate of drug-likeness (QED) is 0.480. The Labute approximate surface area is 90.3 Å². The summed E-state index contributed by atoms with van der Waals surface area (Å²) in [7, 11) is -4.13.